The molecule has 0 fully saturated rings. The van der Waals surface area contributed by atoms with E-state index in [1.165, 1.54) is 21.9 Å². The van der Waals surface area contributed by atoms with Gasteiger partial charge in [0.15, 0.2) is 7.14 Å². The Kier molecular flexibility index (Phi) is 7.39. The highest BCUT2D eigenvalue weighted by molar-refractivity contribution is 7.85. The van der Waals surface area contributed by atoms with Crippen LogP contribution in [0.1, 0.15) is 22.3 Å². The van der Waals surface area contributed by atoms with Crippen molar-refractivity contribution in [3.63, 3.8) is 0 Å². The first-order valence-corrected chi connectivity index (χ1v) is 20.8. The second-order valence-corrected chi connectivity index (χ2v) is 17.5. The van der Waals surface area contributed by atoms with Crippen molar-refractivity contribution in [2.75, 3.05) is 0 Å². The molecule has 1 aliphatic rings. The molecule has 0 aliphatic heterocycles. The van der Waals surface area contributed by atoms with Gasteiger partial charge < -0.3 is 8.98 Å². The van der Waals surface area contributed by atoms with Gasteiger partial charge in [-0.05, 0) is 91.7 Å². The van der Waals surface area contributed by atoms with Gasteiger partial charge in [-0.1, -0.05) is 176 Å². The predicted octanol–water partition coefficient (Wildman–Crippen LogP) is 12.4. The predicted molar refractivity (Wildman–Crippen MR) is 233 cm³/mol. The third-order valence-corrected chi connectivity index (χ3v) is 14.9. The number of rotatable bonds is 6. The van der Waals surface area contributed by atoms with Crippen molar-refractivity contribution in [3.8, 4) is 22.3 Å². The summed E-state index contributed by atoms with van der Waals surface area (Å²) in [5, 5.41) is 7.05. The smallest absolute Gasteiger partial charge is 0.171 e. The molecule has 0 spiro atoms. The van der Waals surface area contributed by atoms with E-state index >= 15 is 4.57 Å². The van der Waals surface area contributed by atoms with E-state index in [-0.39, 0.29) is 0 Å². The molecule has 1 aromatic heterocycles. The molecule has 9 aromatic carbocycles. The van der Waals surface area contributed by atoms with Crippen LogP contribution in [0.2, 0.25) is 0 Å². The van der Waals surface area contributed by atoms with Gasteiger partial charge in [0.1, 0.15) is 11.2 Å². The van der Waals surface area contributed by atoms with Gasteiger partial charge in [0.2, 0.25) is 0 Å². The van der Waals surface area contributed by atoms with Gasteiger partial charge in [-0.15, -0.1) is 0 Å². The first kappa shape index (κ1) is 32.7. The van der Waals surface area contributed by atoms with E-state index < -0.39 is 12.6 Å². The van der Waals surface area contributed by atoms with Crippen molar-refractivity contribution in [2.45, 2.75) is 5.41 Å². The first-order valence-electron chi connectivity index (χ1n) is 19.1. The van der Waals surface area contributed by atoms with Gasteiger partial charge in [-0.3, -0.25) is 0 Å². The molecule has 0 N–H and O–H groups in total. The van der Waals surface area contributed by atoms with Crippen LogP contribution in [0.5, 0.6) is 0 Å². The van der Waals surface area contributed by atoms with E-state index in [0.717, 1.165) is 71.2 Å². The Morgan fingerprint density at radius 3 is 1.48 bits per heavy atom. The molecule has 0 bridgehead atoms. The molecule has 1 aliphatic carbocycles. The minimum atomic E-state index is -3.26. The summed E-state index contributed by atoms with van der Waals surface area (Å²) in [5.41, 5.74) is 10.4. The number of hydrogen-bond donors (Lipinski definition) is 0. The van der Waals surface area contributed by atoms with Gasteiger partial charge in [0.05, 0.1) is 5.41 Å². The Bertz CT molecular complexity index is 3070. The van der Waals surface area contributed by atoms with Crippen molar-refractivity contribution < 1.29 is 8.98 Å². The van der Waals surface area contributed by atoms with Gasteiger partial charge in [-0.25, -0.2) is 0 Å². The van der Waals surface area contributed by atoms with E-state index in [2.05, 4.69) is 152 Å². The maximum absolute atomic E-state index is 15.9. The highest BCUT2D eigenvalue weighted by Crippen LogP contribution is 2.57. The minimum absolute atomic E-state index is 0.678. The topological polar surface area (TPSA) is 30.2 Å². The van der Waals surface area contributed by atoms with Crippen molar-refractivity contribution in [1.29, 1.82) is 0 Å². The van der Waals surface area contributed by atoms with Crippen molar-refractivity contribution in [2.24, 2.45) is 0 Å². The summed E-state index contributed by atoms with van der Waals surface area (Å²) < 4.78 is 22.3. The van der Waals surface area contributed by atoms with Crippen LogP contribution in [0, 0.1) is 0 Å². The maximum Gasteiger partial charge on any atom is 0.171 e. The molecule has 0 amide bonds. The summed E-state index contributed by atoms with van der Waals surface area (Å²) in [5.74, 6) is 0. The molecule has 2 nitrogen and oxygen atoms in total. The van der Waals surface area contributed by atoms with Crippen LogP contribution in [0.15, 0.2) is 217 Å². The van der Waals surface area contributed by atoms with E-state index in [1.807, 2.05) is 60.7 Å². The van der Waals surface area contributed by atoms with Gasteiger partial charge >= 0.3 is 0 Å². The Morgan fingerprint density at radius 1 is 0.375 bits per heavy atom. The summed E-state index contributed by atoms with van der Waals surface area (Å²) in [6.45, 7) is 0. The Balaban J connectivity index is 1.17. The average Bonchev–Trinajstić information content (AvgIpc) is 3.78. The fraction of sp³-hybridized carbons (Fsp3) is 0.0189. The highest BCUT2D eigenvalue weighted by atomic mass is 31.2. The molecule has 3 heteroatoms. The van der Waals surface area contributed by atoms with Gasteiger partial charge in [-0.2, -0.15) is 0 Å². The van der Waals surface area contributed by atoms with Gasteiger partial charge in [0, 0.05) is 26.7 Å². The fourth-order valence-electron chi connectivity index (χ4n) is 9.22. The Morgan fingerprint density at radius 2 is 0.857 bits per heavy atom. The zero-order valence-corrected chi connectivity index (χ0v) is 31.4. The molecule has 0 saturated carbocycles. The Labute approximate surface area is 325 Å². The molecule has 0 unspecified atom stereocenters. The molecule has 10 aromatic rings. The van der Waals surface area contributed by atoms with Crippen molar-refractivity contribution >= 4 is 55.8 Å². The number of furan rings is 1. The molecule has 264 valence electrons. The normalized spacial score (nSPS) is 13.2. The summed E-state index contributed by atoms with van der Waals surface area (Å²) in [6, 6.07) is 74.5. The summed E-state index contributed by atoms with van der Waals surface area (Å²) >= 11 is 0. The molecule has 0 saturated heterocycles. The molecule has 1 heterocycles. The van der Waals surface area contributed by atoms with Gasteiger partial charge in [0.25, 0.3) is 0 Å². The lowest BCUT2D eigenvalue weighted by Gasteiger charge is -2.34. The van der Waals surface area contributed by atoms with E-state index in [1.54, 1.807) is 0 Å². The first-order chi connectivity index (χ1) is 27.6. The molecular formula is C53H35O2P. The second-order valence-electron chi connectivity index (χ2n) is 14.8. The minimum Gasteiger partial charge on any atom is -0.456 e. The largest absolute Gasteiger partial charge is 0.456 e. The molecule has 56 heavy (non-hydrogen) atoms. The van der Waals surface area contributed by atoms with Crippen LogP contribution in [0.3, 0.4) is 0 Å². The third kappa shape index (κ3) is 4.80. The maximum atomic E-state index is 15.9. The van der Waals surface area contributed by atoms with Crippen LogP contribution in [-0.2, 0) is 9.98 Å². The Hall–Kier alpha value is -6.73. The lowest BCUT2D eigenvalue weighted by atomic mass is 9.67. The summed E-state index contributed by atoms with van der Waals surface area (Å²) in [6.07, 6.45) is 0. The summed E-state index contributed by atoms with van der Waals surface area (Å²) in [7, 11) is -3.26. The lowest BCUT2D eigenvalue weighted by molar-refractivity contribution is 0.592. The number of hydrogen-bond acceptors (Lipinski definition) is 2. The quantitative estimate of drug-likeness (QED) is 0.159. The zero-order valence-electron chi connectivity index (χ0n) is 30.5. The van der Waals surface area contributed by atoms with E-state index in [9.17, 15) is 0 Å². The fourth-order valence-corrected chi connectivity index (χ4v) is 11.9. The number of fused-ring (bicyclic) bond motifs is 7. The molecule has 11 rings (SSSR count). The molecule has 0 radical (unpaired) electrons. The number of benzene rings is 9. The zero-order chi connectivity index (χ0) is 37.3. The highest BCUT2D eigenvalue weighted by Gasteiger charge is 2.47. The average molecular weight is 735 g/mol. The van der Waals surface area contributed by atoms with Crippen molar-refractivity contribution in [1.82, 2.24) is 0 Å². The van der Waals surface area contributed by atoms with Crippen LogP contribution in [-0.4, -0.2) is 0 Å². The van der Waals surface area contributed by atoms with Crippen molar-refractivity contribution in [3.05, 3.63) is 235 Å². The van der Waals surface area contributed by atoms with Crippen LogP contribution in [0.4, 0.5) is 0 Å². The summed E-state index contributed by atoms with van der Waals surface area (Å²) in [4.78, 5) is 0. The third-order valence-electron chi connectivity index (χ3n) is 11.8. The monoisotopic (exact) mass is 734 g/mol. The molecule has 0 atom stereocenters. The second kappa shape index (κ2) is 12.7. The lowest BCUT2D eigenvalue weighted by Crippen LogP contribution is -2.31. The standard InChI is InChI=1S/C53H35O2P/c54-56(42-21-9-3-10-22-42,43-23-11-4-12-24-43)44-27-29-46-45-28-25-39(38-26-30-51-47(32-38)48-31-36-15-13-14-16-37(36)34-52(48)55-51)33-49(45)53(50(46)35-44,40-17-5-1-6-18-40)41-19-7-2-8-20-41/h1-35H. The molecular weight excluding hydrogens is 700 g/mol. The van der Waals surface area contributed by atoms with E-state index in [0.29, 0.717) is 0 Å². The van der Waals surface area contributed by atoms with Crippen LogP contribution < -0.4 is 15.9 Å². The van der Waals surface area contributed by atoms with Crippen LogP contribution >= 0.6 is 7.14 Å². The van der Waals surface area contributed by atoms with E-state index in [4.69, 9.17) is 4.42 Å². The van der Waals surface area contributed by atoms with Crippen LogP contribution in [0.25, 0.3) is 55.0 Å². The SMILES string of the molecule is O=P(c1ccccc1)(c1ccccc1)c1ccc2c(c1)C(c1ccccc1)(c1ccccc1)c1cc(-c3ccc4oc5cc6ccccc6cc5c4c3)ccc1-2.